The average molecular weight is 416 g/mol. The summed E-state index contributed by atoms with van der Waals surface area (Å²) in [6, 6.07) is 8.22. The number of rotatable bonds is 1. The summed E-state index contributed by atoms with van der Waals surface area (Å²) in [6.07, 6.45) is 2.26. The Labute approximate surface area is 179 Å². The van der Waals surface area contributed by atoms with Crippen molar-refractivity contribution in [2.75, 3.05) is 0 Å². The number of benzene rings is 1. The van der Waals surface area contributed by atoms with Crippen LogP contribution in [0.1, 0.15) is 61.1 Å². The number of fused-ring (bicyclic) bond motifs is 5. The highest BCUT2D eigenvalue weighted by Crippen LogP contribution is 2.41. The largest absolute Gasteiger partial charge is 0.458 e. The molecule has 4 heterocycles. The van der Waals surface area contributed by atoms with Gasteiger partial charge in [0.1, 0.15) is 6.61 Å². The van der Waals surface area contributed by atoms with Crippen molar-refractivity contribution in [1.82, 2.24) is 9.55 Å². The van der Waals surface area contributed by atoms with E-state index in [-0.39, 0.29) is 12.2 Å². The van der Waals surface area contributed by atoms with E-state index >= 15 is 0 Å². The molecule has 1 unspecified atom stereocenters. The van der Waals surface area contributed by atoms with Gasteiger partial charge in [-0.25, -0.2) is 9.78 Å². The summed E-state index contributed by atoms with van der Waals surface area (Å²) in [7, 11) is 0. The molecular formula is C25H24N2O4. The molecule has 158 valence electrons. The zero-order valence-electron chi connectivity index (χ0n) is 17.9. The van der Waals surface area contributed by atoms with Crippen molar-refractivity contribution in [2.45, 2.75) is 64.9 Å². The quantitative estimate of drug-likeness (QED) is 0.441. The smallest absolute Gasteiger partial charge is 0.340 e. The van der Waals surface area contributed by atoms with E-state index in [0.717, 1.165) is 41.7 Å². The molecule has 2 aliphatic heterocycles. The highest BCUT2D eigenvalue weighted by molar-refractivity contribution is 5.91. The summed E-state index contributed by atoms with van der Waals surface area (Å²) < 4.78 is 13.1. The molecule has 6 heteroatoms. The number of ether oxygens (including phenoxy) is 2. The van der Waals surface area contributed by atoms with Gasteiger partial charge in [0.2, 0.25) is 0 Å². The monoisotopic (exact) mass is 416 g/mol. The third-order valence-corrected chi connectivity index (χ3v) is 6.51. The summed E-state index contributed by atoms with van der Waals surface area (Å²) in [5.74, 6) is -0.448. The van der Waals surface area contributed by atoms with Crippen LogP contribution in [0.25, 0.3) is 22.3 Å². The number of aryl methyl sites for hydroxylation is 2. The zero-order valence-corrected chi connectivity index (χ0v) is 17.9. The molecule has 0 saturated carbocycles. The number of carbonyl (C=O) groups is 1. The molecule has 0 spiro atoms. The number of nitrogens with zero attached hydrogens (tertiary/aromatic N) is 2. The van der Waals surface area contributed by atoms with E-state index < -0.39 is 17.7 Å². The molecule has 0 N–H and O–H groups in total. The summed E-state index contributed by atoms with van der Waals surface area (Å²) in [5.41, 5.74) is 6.84. The molecular weight excluding hydrogens is 392 g/mol. The van der Waals surface area contributed by atoms with Gasteiger partial charge in [-0.15, -0.1) is 0 Å². The molecule has 6 nitrogen and oxygen atoms in total. The minimum atomic E-state index is -0.906. The van der Waals surface area contributed by atoms with Gasteiger partial charge in [0.25, 0.3) is 5.56 Å². The van der Waals surface area contributed by atoms with Gasteiger partial charge in [0.15, 0.2) is 6.10 Å². The van der Waals surface area contributed by atoms with Crippen molar-refractivity contribution in [1.29, 1.82) is 0 Å². The van der Waals surface area contributed by atoms with E-state index in [0.29, 0.717) is 17.7 Å². The highest BCUT2D eigenvalue weighted by Gasteiger charge is 2.38. The van der Waals surface area contributed by atoms with E-state index in [2.05, 4.69) is 18.2 Å². The Morgan fingerprint density at radius 3 is 2.77 bits per heavy atom. The predicted octanol–water partition coefficient (Wildman–Crippen LogP) is 3.83. The van der Waals surface area contributed by atoms with Gasteiger partial charge in [-0.05, 0) is 63.3 Å². The molecule has 0 bridgehead atoms. The van der Waals surface area contributed by atoms with Gasteiger partial charge in [-0.2, -0.15) is 0 Å². The molecule has 31 heavy (non-hydrogen) atoms. The van der Waals surface area contributed by atoms with E-state index in [4.69, 9.17) is 14.5 Å². The fourth-order valence-electron chi connectivity index (χ4n) is 5.24. The van der Waals surface area contributed by atoms with Gasteiger partial charge in [-0.3, -0.25) is 4.79 Å². The van der Waals surface area contributed by atoms with Crippen molar-refractivity contribution >= 4 is 16.9 Å². The maximum Gasteiger partial charge on any atom is 0.340 e. The average Bonchev–Trinajstić information content (AvgIpc) is 3.09. The number of cyclic esters (lactones) is 1. The van der Waals surface area contributed by atoms with Gasteiger partial charge in [0.05, 0.1) is 34.6 Å². The van der Waals surface area contributed by atoms with Crippen LogP contribution in [0.4, 0.5) is 0 Å². The van der Waals surface area contributed by atoms with Crippen LogP contribution in [-0.4, -0.2) is 21.1 Å². The lowest BCUT2D eigenvalue weighted by molar-refractivity contribution is -0.172. The van der Waals surface area contributed by atoms with Crippen molar-refractivity contribution in [3.63, 3.8) is 0 Å². The first-order valence-corrected chi connectivity index (χ1v) is 10.9. The first-order chi connectivity index (χ1) is 14.8. The highest BCUT2D eigenvalue weighted by atomic mass is 16.6. The van der Waals surface area contributed by atoms with E-state index in [9.17, 15) is 9.59 Å². The van der Waals surface area contributed by atoms with Crippen molar-refractivity contribution in [3.8, 4) is 11.4 Å². The summed E-state index contributed by atoms with van der Waals surface area (Å²) in [6.45, 7) is 6.17. The van der Waals surface area contributed by atoms with E-state index in [1.165, 1.54) is 16.5 Å². The van der Waals surface area contributed by atoms with Gasteiger partial charge in [-0.1, -0.05) is 12.1 Å². The fourth-order valence-corrected chi connectivity index (χ4v) is 5.24. The minimum Gasteiger partial charge on any atom is -0.458 e. The lowest BCUT2D eigenvalue weighted by Crippen LogP contribution is -2.36. The third kappa shape index (κ3) is 2.71. The van der Waals surface area contributed by atoms with Crippen LogP contribution in [0, 0.1) is 0 Å². The van der Waals surface area contributed by atoms with E-state index in [1.807, 2.05) is 26.8 Å². The second-order valence-corrected chi connectivity index (χ2v) is 9.66. The second kappa shape index (κ2) is 6.26. The third-order valence-electron chi connectivity index (χ3n) is 6.51. The molecule has 1 atom stereocenters. The van der Waals surface area contributed by atoms with Gasteiger partial charge >= 0.3 is 5.97 Å². The molecule has 1 aliphatic carbocycles. The van der Waals surface area contributed by atoms with Crippen molar-refractivity contribution in [2.24, 2.45) is 0 Å². The maximum absolute atomic E-state index is 13.5. The van der Waals surface area contributed by atoms with Crippen molar-refractivity contribution < 1.29 is 14.3 Å². The Hall–Kier alpha value is -2.99. The molecule has 3 aliphatic rings. The lowest BCUT2D eigenvalue weighted by Gasteiger charge is -2.30. The van der Waals surface area contributed by atoms with E-state index in [1.54, 1.807) is 4.57 Å². The fraction of sp³-hybridized carbons (Fsp3) is 0.400. The van der Waals surface area contributed by atoms with Crippen LogP contribution in [0.15, 0.2) is 29.1 Å². The van der Waals surface area contributed by atoms with Crippen LogP contribution in [-0.2, 0) is 40.3 Å². The Bertz CT molecular complexity index is 1350. The summed E-state index contributed by atoms with van der Waals surface area (Å²) >= 11 is 0. The molecule has 6 rings (SSSR count). The number of pyridine rings is 2. The number of hydrogen-bond acceptors (Lipinski definition) is 5. The molecule has 2 aromatic heterocycles. The number of carbonyl (C=O) groups excluding carboxylic acids is 1. The molecule has 3 aromatic rings. The molecule has 0 fully saturated rings. The Balaban J connectivity index is 1.60. The number of aromatic nitrogens is 2. The predicted molar refractivity (Wildman–Crippen MR) is 116 cm³/mol. The van der Waals surface area contributed by atoms with Crippen LogP contribution in [0.3, 0.4) is 0 Å². The van der Waals surface area contributed by atoms with Gasteiger partial charge in [0, 0.05) is 16.5 Å². The summed E-state index contributed by atoms with van der Waals surface area (Å²) in [5, 5.41) is 1.26. The van der Waals surface area contributed by atoms with Gasteiger partial charge < -0.3 is 14.0 Å². The maximum atomic E-state index is 13.5. The molecule has 0 amide bonds. The first kappa shape index (κ1) is 18.8. The second-order valence-electron chi connectivity index (χ2n) is 9.66. The first-order valence-electron chi connectivity index (χ1n) is 10.9. The molecule has 0 saturated heterocycles. The van der Waals surface area contributed by atoms with Crippen LogP contribution < -0.4 is 5.56 Å². The summed E-state index contributed by atoms with van der Waals surface area (Å²) in [4.78, 5) is 31.0. The Morgan fingerprint density at radius 1 is 1.13 bits per heavy atom. The standard InChI is InChI=1S/C25H24N2O4/c1-25(2,3)31-22-15-10-19-21-16(11-27(19)23(28)17(15)12-30-24(22)29)14-8-4-6-13-7-5-9-18(26-21)20(13)14/h5,7,9-10,22H,4,6,8,11-12H2,1-3H3. The Kier molecular flexibility index (Phi) is 3.79. The number of hydrogen-bond donors (Lipinski definition) is 0. The topological polar surface area (TPSA) is 70.4 Å². The molecule has 0 radical (unpaired) electrons. The minimum absolute atomic E-state index is 0.0139. The van der Waals surface area contributed by atoms with Crippen LogP contribution in [0.5, 0.6) is 0 Å². The number of esters is 1. The van der Waals surface area contributed by atoms with Crippen LogP contribution >= 0.6 is 0 Å². The van der Waals surface area contributed by atoms with Crippen molar-refractivity contribution in [3.05, 3.63) is 62.4 Å². The molecule has 1 aromatic carbocycles. The lowest BCUT2D eigenvalue weighted by atomic mass is 9.87. The van der Waals surface area contributed by atoms with Crippen LogP contribution in [0.2, 0.25) is 0 Å². The normalized spacial score (nSPS) is 19.1. The SMILES string of the molecule is CC(C)(C)OC1C(=O)OCc2c1cc1n(c2=O)Cc2c-1nc1cccc3c1c2CCC3. The zero-order chi connectivity index (χ0) is 21.5. The Morgan fingerprint density at radius 2 is 1.97 bits per heavy atom.